The van der Waals surface area contributed by atoms with Gasteiger partial charge in [-0.3, -0.25) is 4.79 Å². The molecule has 0 amide bonds. The molecule has 2 aromatic rings. The zero-order valence-electron chi connectivity index (χ0n) is 12.1. The summed E-state index contributed by atoms with van der Waals surface area (Å²) in [7, 11) is 0. The maximum Gasteiger partial charge on any atom is 0.161 e. The SMILES string of the molecule is CCOc1cc(C=O)ccc1OCc1cc(F)ccc1C. The molecule has 2 aromatic carbocycles. The van der Waals surface area contributed by atoms with Crippen LogP contribution in [0.5, 0.6) is 11.5 Å². The van der Waals surface area contributed by atoms with Crippen molar-refractivity contribution in [2.24, 2.45) is 0 Å². The molecule has 0 spiro atoms. The van der Waals surface area contributed by atoms with E-state index in [1.807, 2.05) is 13.8 Å². The van der Waals surface area contributed by atoms with Gasteiger partial charge in [-0.1, -0.05) is 6.07 Å². The summed E-state index contributed by atoms with van der Waals surface area (Å²) in [6.45, 7) is 4.47. The first-order valence-electron chi connectivity index (χ1n) is 6.74. The Labute approximate surface area is 123 Å². The molecule has 3 nitrogen and oxygen atoms in total. The quantitative estimate of drug-likeness (QED) is 0.756. The van der Waals surface area contributed by atoms with Gasteiger partial charge in [-0.2, -0.15) is 0 Å². The minimum Gasteiger partial charge on any atom is -0.490 e. The normalized spacial score (nSPS) is 10.2. The van der Waals surface area contributed by atoms with Crippen molar-refractivity contribution in [3.05, 3.63) is 58.9 Å². The summed E-state index contributed by atoms with van der Waals surface area (Å²) >= 11 is 0. The van der Waals surface area contributed by atoms with E-state index >= 15 is 0 Å². The minimum atomic E-state index is -0.291. The van der Waals surface area contributed by atoms with Crippen LogP contribution in [0.4, 0.5) is 4.39 Å². The summed E-state index contributed by atoms with van der Waals surface area (Å²) in [6, 6.07) is 9.56. The topological polar surface area (TPSA) is 35.5 Å². The van der Waals surface area contributed by atoms with Gasteiger partial charge in [0.15, 0.2) is 11.5 Å². The van der Waals surface area contributed by atoms with Crippen molar-refractivity contribution in [1.29, 1.82) is 0 Å². The monoisotopic (exact) mass is 288 g/mol. The van der Waals surface area contributed by atoms with E-state index < -0.39 is 0 Å². The molecule has 0 aliphatic carbocycles. The highest BCUT2D eigenvalue weighted by atomic mass is 19.1. The van der Waals surface area contributed by atoms with Crippen molar-refractivity contribution in [2.45, 2.75) is 20.5 Å². The van der Waals surface area contributed by atoms with E-state index in [2.05, 4.69) is 0 Å². The molecule has 0 aliphatic heterocycles. The van der Waals surface area contributed by atoms with Crippen LogP contribution < -0.4 is 9.47 Å². The van der Waals surface area contributed by atoms with Gasteiger partial charge in [0.25, 0.3) is 0 Å². The third-order valence-electron chi connectivity index (χ3n) is 3.10. The summed E-state index contributed by atoms with van der Waals surface area (Å²) < 4.78 is 24.4. The number of benzene rings is 2. The van der Waals surface area contributed by atoms with E-state index in [-0.39, 0.29) is 12.4 Å². The van der Waals surface area contributed by atoms with E-state index in [1.165, 1.54) is 12.1 Å². The van der Waals surface area contributed by atoms with E-state index in [9.17, 15) is 9.18 Å². The van der Waals surface area contributed by atoms with Crippen LogP contribution in [0.3, 0.4) is 0 Å². The predicted octanol–water partition coefficient (Wildman–Crippen LogP) is 3.92. The molecule has 0 heterocycles. The maximum atomic E-state index is 13.3. The Bertz CT molecular complexity index is 638. The molecule has 2 rings (SSSR count). The zero-order chi connectivity index (χ0) is 15.2. The fourth-order valence-corrected chi connectivity index (χ4v) is 1.94. The van der Waals surface area contributed by atoms with Gasteiger partial charge in [-0.05, 0) is 55.3 Å². The third kappa shape index (κ3) is 3.81. The number of aldehydes is 1. The molecular formula is C17H17FO3. The van der Waals surface area contributed by atoms with Crippen LogP contribution in [0.15, 0.2) is 36.4 Å². The lowest BCUT2D eigenvalue weighted by molar-refractivity contribution is 0.112. The Balaban J connectivity index is 2.19. The number of aryl methyl sites for hydroxylation is 1. The largest absolute Gasteiger partial charge is 0.490 e. The average molecular weight is 288 g/mol. The molecule has 0 atom stereocenters. The third-order valence-corrected chi connectivity index (χ3v) is 3.10. The predicted molar refractivity (Wildman–Crippen MR) is 78.5 cm³/mol. The lowest BCUT2D eigenvalue weighted by atomic mass is 10.1. The van der Waals surface area contributed by atoms with Gasteiger partial charge in [0.05, 0.1) is 6.61 Å². The molecule has 0 N–H and O–H groups in total. The Hall–Kier alpha value is -2.36. The van der Waals surface area contributed by atoms with Gasteiger partial charge in [0.1, 0.15) is 18.7 Å². The van der Waals surface area contributed by atoms with Gasteiger partial charge < -0.3 is 9.47 Å². The number of hydrogen-bond acceptors (Lipinski definition) is 3. The lowest BCUT2D eigenvalue weighted by Gasteiger charge is -2.13. The Morgan fingerprint density at radius 1 is 1.10 bits per heavy atom. The lowest BCUT2D eigenvalue weighted by Crippen LogP contribution is -2.02. The molecule has 0 saturated heterocycles. The standard InChI is InChI=1S/C17H17FO3/c1-3-20-17-8-13(10-19)5-7-16(17)21-11-14-9-15(18)6-4-12(14)2/h4-10H,3,11H2,1-2H3. The summed E-state index contributed by atoms with van der Waals surface area (Å²) in [5.74, 6) is 0.753. The van der Waals surface area contributed by atoms with Crippen molar-refractivity contribution in [2.75, 3.05) is 6.61 Å². The van der Waals surface area contributed by atoms with Crippen LogP contribution in [-0.4, -0.2) is 12.9 Å². The van der Waals surface area contributed by atoms with Gasteiger partial charge in [-0.15, -0.1) is 0 Å². The van der Waals surface area contributed by atoms with Crippen molar-refractivity contribution in [3.63, 3.8) is 0 Å². The molecule has 0 aliphatic rings. The van der Waals surface area contributed by atoms with Gasteiger partial charge in [0.2, 0.25) is 0 Å². The Kier molecular flexibility index (Phi) is 4.93. The first-order chi connectivity index (χ1) is 10.1. The van der Waals surface area contributed by atoms with E-state index in [4.69, 9.17) is 9.47 Å². The summed E-state index contributed by atoms with van der Waals surface area (Å²) in [5.41, 5.74) is 2.25. The molecule has 110 valence electrons. The van der Waals surface area contributed by atoms with Gasteiger partial charge >= 0.3 is 0 Å². The van der Waals surface area contributed by atoms with E-state index in [1.54, 1.807) is 24.3 Å². The molecule has 0 aromatic heterocycles. The van der Waals surface area contributed by atoms with Crippen molar-refractivity contribution < 1.29 is 18.7 Å². The summed E-state index contributed by atoms with van der Waals surface area (Å²) in [5, 5.41) is 0. The van der Waals surface area contributed by atoms with E-state index in [0.717, 1.165) is 17.4 Å². The van der Waals surface area contributed by atoms with Crippen LogP contribution in [-0.2, 0) is 6.61 Å². The van der Waals surface area contributed by atoms with Crippen molar-refractivity contribution in [1.82, 2.24) is 0 Å². The number of carbonyl (C=O) groups excluding carboxylic acids is 1. The maximum absolute atomic E-state index is 13.3. The number of halogens is 1. The smallest absolute Gasteiger partial charge is 0.161 e. The Morgan fingerprint density at radius 2 is 1.90 bits per heavy atom. The van der Waals surface area contributed by atoms with Crippen LogP contribution in [0.25, 0.3) is 0 Å². The molecular weight excluding hydrogens is 271 g/mol. The number of rotatable bonds is 6. The van der Waals surface area contributed by atoms with Crippen molar-refractivity contribution in [3.8, 4) is 11.5 Å². The van der Waals surface area contributed by atoms with Gasteiger partial charge in [0, 0.05) is 5.56 Å². The first-order valence-corrected chi connectivity index (χ1v) is 6.74. The van der Waals surface area contributed by atoms with Crippen LogP contribution in [0.2, 0.25) is 0 Å². The summed E-state index contributed by atoms with van der Waals surface area (Å²) in [4.78, 5) is 10.8. The second-order valence-corrected chi connectivity index (χ2v) is 4.62. The van der Waals surface area contributed by atoms with Crippen LogP contribution in [0, 0.1) is 12.7 Å². The highest BCUT2D eigenvalue weighted by molar-refractivity contribution is 5.76. The molecule has 0 fully saturated rings. The minimum absolute atomic E-state index is 0.240. The highest BCUT2D eigenvalue weighted by Gasteiger charge is 2.08. The second kappa shape index (κ2) is 6.88. The first kappa shape index (κ1) is 15.0. The van der Waals surface area contributed by atoms with Crippen LogP contribution >= 0.6 is 0 Å². The fourth-order valence-electron chi connectivity index (χ4n) is 1.94. The molecule has 0 saturated carbocycles. The molecule has 0 bridgehead atoms. The molecule has 21 heavy (non-hydrogen) atoms. The fraction of sp³-hybridized carbons (Fsp3) is 0.235. The number of hydrogen-bond donors (Lipinski definition) is 0. The number of carbonyl (C=O) groups is 1. The van der Waals surface area contributed by atoms with Crippen molar-refractivity contribution >= 4 is 6.29 Å². The van der Waals surface area contributed by atoms with Crippen LogP contribution in [0.1, 0.15) is 28.4 Å². The van der Waals surface area contributed by atoms with E-state index in [0.29, 0.717) is 23.7 Å². The molecule has 0 radical (unpaired) electrons. The van der Waals surface area contributed by atoms with Gasteiger partial charge in [-0.25, -0.2) is 4.39 Å². The molecule has 4 heteroatoms. The zero-order valence-corrected chi connectivity index (χ0v) is 12.1. The summed E-state index contributed by atoms with van der Waals surface area (Å²) in [6.07, 6.45) is 0.753. The Morgan fingerprint density at radius 3 is 2.62 bits per heavy atom. The second-order valence-electron chi connectivity index (χ2n) is 4.62. The average Bonchev–Trinajstić information content (AvgIpc) is 2.49. The number of ether oxygens (including phenoxy) is 2. The molecule has 0 unspecified atom stereocenters. The highest BCUT2D eigenvalue weighted by Crippen LogP contribution is 2.29.